The lowest BCUT2D eigenvalue weighted by Gasteiger charge is -2.08. The standard InChI is InChI=1S/C14H15N.C5H10O.C2H6/c1-3-4-5-12-6-7-14-11(2)15-9-8-13(14)10-12;1-2-4-6-5-3-1;1-2/h4-10H,3H2,1-2H3;1-5H2;1-2H3/b5-4-;;. The lowest BCUT2D eigenvalue weighted by atomic mass is 10.1. The molecule has 1 aliphatic rings. The minimum atomic E-state index is 1.00. The van der Waals surface area contributed by atoms with E-state index in [1.165, 1.54) is 35.6 Å². The molecule has 1 aromatic heterocycles. The molecule has 23 heavy (non-hydrogen) atoms. The largest absolute Gasteiger partial charge is 0.381 e. The quantitative estimate of drug-likeness (QED) is 0.660. The van der Waals surface area contributed by atoms with Gasteiger partial charge in [-0.05, 0) is 55.7 Å². The van der Waals surface area contributed by atoms with Crippen LogP contribution in [0.15, 0.2) is 36.5 Å². The molecule has 1 aromatic carbocycles. The average Bonchev–Trinajstić information content (AvgIpc) is 2.64. The van der Waals surface area contributed by atoms with Gasteiger partial charge in [0.2, 0.25) is 0 Å². The van der Waals surface area contributed by atoms with Crippen molar-refractivity contribution >= 4 is 16.8 Å². The molecule has 0 spiro atoms. The normalized spacial score (nSPS) is 13.9. The molecule has 3 rings (SSSR count). The molecule has 2 nitrogen and oxygen atoms in total. The second-order valence-electron chi connectivity index (χ2n) is 5.36. The average molecular weight is 313 g/mol. The van der Waals surface area contributed by atoms with Crippen LogP contribution >= 0.6 is 0 Å². The predicted octanol–water partition coefficient (Wildman–Crippen LogP) is 6.18. The van der Waals surface area contributed by atoms with Gasteiger partial charge in [0.1, 0.15) is 0 Å². The zero-order valence-corrected chi connectivity index (χ0v) is 15.1. The Hall–Kier alpha value is -1.67. The van der Waals surface area contributed by atoms with Crippen LogP contribution in [0.4, 0.5) is 0 Å². The van der Waals surface area contributed by atoms with Gasteiger partial charge in [-0.1, -0.05) is 45.1 Å². The van der Waals surface area contributed by atoms with Crippen molar-refractivity contribution in [3.05, 3.63) is 47.8 Å². The highest BCUT2D eigenvalue weighted by atomic mass is 16.5. The van der Waals surface area contributed by atoms with Gasteiger partial charge in [-0.25, -0.2) is 0 Å². The summed E-state index contributed by atoms with van der Waals surface area (Å²) >= 11 is 0. The Morgan fingerprint density at radius 3 is 2.39 bits per heavy atom. The number of aromatic nitrogens is 1. The summed E-state index contributed by atoms with van der Waals surface area (Å²) in [4.78, 5) is 4.28. The molecule has 0 aliphatic carbocycles. The number of ether oxygens (including phenoxy) is 1. The van der Waals surface area contributed by atoms with Crippen LogP contribution in [-0.2, 0) is 4.74 Å². The van der Waals surface area contributed by atoms with Gasteiger partial charge in [0.25, 0.3) is 0 Å². The third-order valence-corrected chi connectivity index (χ3v) is 3.61. The Kier molecular flexibility index (Phi) is 9.97. The maximum atomic E-state index is 5.07. The smallest absolute Gasteiger partial charge is 0.0466 e. The first-order valence-corrected chi connectivity index (χ1v) is 8.91. The fraction of sp³-hybridized carbons (Fsp3) is 0.476. The van der Waals surface area contributed by atoms with E-state index < -0.39 is 0 Å². The van der Waals surface area contributed by atoms with Gasteiger partial charge >= 0.3 is 0 Å². The summed E-state index contributed by atoms with van der Waals surface area (Å²) in [6.07, 6.45) is 11.2. The van der Waals surface area contributed by atoms with Gasteiger partial charge in [-0.15, -0.1) is 0 Å². The van der Waals surface area contributed by atoms with Crippen molar-refractivity contribution in [3.8, 4) is 0 Å². The Bertz CT molecular complexity index is 574. The number of pyridine rings is 1. The van der Waals surface area contributed by atoms with E-state index in [2.05, 4.69) is 48.3 Å². The van der Waals surface area contributed by atoms with Crippen molar-refractivity contribution in [2.45, 2.75) is 53.4 Å². The molecule has 2 heterocycles. The Balaban J connectivity index is 0.000000276. The summed E-state index contributed by atoms with van der Waals surface area (Å²) in [5.74, 6) is 0. The molecule has 2 aromatic rings. The summed E-state index contributed by atoms with van der Waals surface area (Å²) in [6.45, 7) is 10.2. The van der Waals surface area contributed by atoms with E-state index in [-0.39, 0.29) is 0 Å². The van der Waals surface area contributed by atoms with E-state index in [1.807, 2.05) is 27.0 Å². The lowest BCUT2D eigenvalue weighted by molar-refractivity contribution is 0.0968. The van der Waals surface area contributed by atoms with E-state index in [4.69, 9.17) is 4.74 Å². The highest BCUT2D eigenvalue weighted by Gasteiger charge is 1.97. The topological polar surface area (TPSA) is 22.1 Å². The highest BCUT2D eigenvalue weighted by Crippen LogP contribution is 2.18. The van der Waals surface area contributed by atoms with E-state index >= 15 is 0 Å². The molecule has 126 valence electrons. The third-order valence-electron chi connectivity index (χ3n) is 3.61. The summed E-state index contributed by atoms with van der Waals surface area (Å²) < 4.78 is 5.07. The van der Waals surface area contributed by atoms with Crippen molar-refractivity contribution in [3.63, 3.8) is 0 Å². The molecule has 1 saturated heterocycles. The zero-order chi connectivity index (χ0) is 16.9. The van der Waals surface area contributed by atoms with E-state index in [9.17, 15) is 0 Å². The van der Waals surface area contributed by atoms with Crippen LogP contribution < -0.4 is 0 Å². The van der Waals surface area contributed by atoms with Gasteiger partial charge in [0.05, 0.1) is 0 Å². The molecule has 0 amide bonds. The maximum Gasteiger partial charge on any atom is 0.0466 e. The minimum Gasteiger partial charge on any atom is -0.381 e. The second kappa shape index (κ2) is 11.8. The molecule has 2 heteroatoms. The molecule has 0 unspecified atom stereocenters. The van der Waals surface area contributed by atoms with Crippen LogP contribution in [0, 0.1) is 6.92 Å². The van der Waals surface area contributed by atoms with E-state index in [0.717, 1.165) is 25.3 Å². The lowest BCUT2D eigenvalue weighted by Crippen LogP contribution is -2.03. The fourth-order valence-electron chi connectivity index (χ4n) is 2.39. The molecule has 0 saturated carbocycles. The number of allylic oxidation sites excluding steroid dienone is 1. The first kappa shape index (κ1) is 19.4. The fourth-order valence-corrected chi connectivity index (χ4v) is 2.39. The minimum absolute atomic E-state index is 1.00. The van der Waals surface area contributed by atoms with E-state index in [0.29, 0.717) is 0 Å². The Labute approximate surface area is 141 Å². The molecule has 1 fully saturated rings. The number of aryl methyl sites for hydroxylation is 1. The van der Waals surface area contributed by atoms with Gasteiger partial charge in [-0.2, -0.15) is 0 Å². The maximum absolute atomic E-state index is 5.07. The molecule has 0 bridgehead atoms. The monoisotopic (exact) mass is 313 g/mol. The van der Waals surface area contributed by atoms with Gasteiger partial charge in [0.15, 0.2) is 0 Å². The number of fused-ring (bicyclic) bond motifs is 1. The summed E-state index contributed by atoms with van der Waals surface area (Å²) in [5, 5.41) is 2.51. The Morgan fingerprint density at radius 2 is 1.83 bits per heavy atom. The van der Waals surface area contributed by atoms with E-state index in [1.54, 1.807) is 0 Å². The Morgan fingerprint density at radius 1 is 1.09 bits per heavy atom. The molecular weight excluding hydrogens is 282 g/mol. The van der Waals surface area contributed by atoms with Crippen LogP contribution in [-0.4, -0.2) is 18.2 Å². The molecule has 0 radical (unpaired) electrons. The number of benzene rings is 1. The molecule has 0 N–H and O–H groups in total. The molecule has 0 atom stereocenters. The number of rotatable bonds is 2. The number of hydrogen-bond acceptors (Lipinski definition) is 2. The van der Waals surface area contributed by atoms with Crippen molar-refractivity contribution in [2.75, 3.05) is 13.2 Å². The SMILES string of the molecule is C1CCOCC1.CC.CC/C=C\c1ccc2c(C)nccc2c1. The highest BCUT2D eigenvalue weighted by molar-refractivity contribution is 5.86. The van der Waals surface area contributed by atoms with Crippen LogP contribution in [0.1, 0.15) is 57.7 Å². The van der Waals surface area contributed by atoms with Crippen LogP contribution in [0.25, 0.3) is 16.8 Å². The first-order valence-electron chi connectivity index (χ1n) is 8.91. The van der Waals surface area contributed by atoms with Crippen molar-refractivity contribution in [1.29, 1.82) is 0 Å². The summed E-state index contributed by atoms with van der Waals surface area (Å²) in [7, 11) is 0. The van der Waals surface area contributed by atoms with Gasteiger partial charge < -0.3 is 4.74 Å². The van der Waals surface area contributed by atoms with Crippen molar-refractivity contribution in [1.82, 2.24) is 4.98 Å². The number of hydrogen-bond donors (Lipinski definition) is 0. The first-order chi connectivity index (χ1) is 11.3. The summed E-state index contributed by atoms with van der Waals surface area (Å²) in [6, 6.07) is 8.55. The van der Waals surface area contributed by atoms with Crippen LogP contribution in [0.5, 0.6) is 0 Å². The van der Waals surface area contributed by atoms with Crippen molar-refractivity contribution < 1.29 is 4.74 Å². The van der Waals surface area contributed by atoms with Crippen molar-refractivity contribution in [2.24, 2.45) is 0 Å². The predicted molar refractivity (Wildman–Crippen MR) is 102 cm³/mol. The third kappa shape index (κ3) is 6.96. The second-order valence-corrected chi connectivity index (χ2v) is 5.36. The molecular formula is C21H31NO. The zero-order valence-electron chi connectivity index (χ0n) is 15.1. The van der Waals surface area contributed by atoms with Crippen LogP contribution in [0.3, 0.4) is 0 Å². The summed E-state index contributed by atoms with van der Waals surface area (Å²) in [5.41, 5.74) is 2.36. The molecule has 1 aliphatic heterocycles. The van der Waals surface area contributed by atoms with Crippen LogP contribution in [0.2, 0.25) is 0 Å². The number of nitrogens with zero attached hydrogens (tertiary/aromatic N) is 1. The van der Waals surface area contributed by atoms with Gasteiger partial charge in [-0.3, -0.25) is 4.98 Å². The van der Waals surface area contributed by atoms with Gasteiger partial charge in [0, 0.05) is 30.5 Å².